The van der Waals surface area contributed by atoms with E-state index in [1.165, 1.54) is 22.5 Å². The Hall–Kier alpha value is -2.50. The maximum absolute atomic E-state index is 13.1. The summed E-state index contributed by atoms with van der Waals surface area (Å²) in [5, 5.41) is 0.0571. The smallest absolute Gasteiger partial charge is 0.338 e. The number of esters is 1. The van der Waals surface area contributed by atoms with E-state index in [-0.39, 0.29) is 33.9 Å². The number of nitrogens with zero attached hydrogens (tertiary/aromatic N) is 5. The Kier molecular flexibility index (Phi) is 7.29. The number of nitrogens with two attached hydrogens (primary N) is 1. The van der Waals surface area contributed by atoms with E-state index in [9.17, 15) is 13.2 Å². The van der Waals surface area contributed by atoms with Gasteiger partial charge in [0.1, 0.15) is 4.90 Å². The maximum atomic E-state index is 13.1. The average molecular weight is 469 g/mol. The highest BCUT2D eigenvalue weighted by atomic mass is 35.5. The molecule has 2 heterocycles. The van der Waals surface area contributed by atoms with Crippen molar-refractivity contribution in [3.05, 3.63) is 34.6 Å². The molecule has 3 rings (SSSR count). The van der Waals surface area contributed by atoms with E-state index in [4.69, 9.17) is 22.1 Å². The van der Waals surface area contributed by atoms with E-state index in [0.29, 0.717) is 19.0 Å². The number of rotatable bonds is 6. The maximum Gasteiger partial charge on any atom is 0.338 e. The summed E-state index contributed by atoms with van der Waals surface area (Å²) in [6.45, 7) is 0.619. The first-order valence-electron chi connectivity index (χ1n) is 9.83. The number of nitrogen functional groups attached to an aromatic ring is 1. The molecule has 1 saturated heterocycles. The molecule has 0 atom stereocenters. The van der Waals surface area contributed by atoms with Crippen LogP contribution < -0.4 is 10.6 Å². The summed E-state index contributed by atoms with van der Waals surface area (Å²) in [4.78, 5) is 26.2. The van der Waals surface area contributed by atoms with Gasteiger partial charge >= 0.3 is 5.97 Å². The van der Waals surface area contributed by atoms with Gasteiger partial charge in [0.25, 0.3) is 0 Å². The standard InChI is InChI=1S/C19H25ClN6O4S/c1-25(2)19-23-16(22-18(21)24-19)12-30-17(27)13-7-8-14(20)15(11-13)31(28,29)26-9-5-3-4-6-10-26/h7-8,11H,3-6,9-10,12H2,1-2H3,(H2,21,22,23,24). The van der Waals surface area contributed by atoms with Crippen LogP contribution in [0.1, 0.15) is 41.9 Å². The predicted molar refractivity (Wildman–Crippen MR) is 116 cm³/mol. The number of hydrogen-bond acceptors (Lipinski definition) is 9. The molecule has 0 amide bonds. The van der Waals surface area contributed by atoms with Gasteiger partial charge in [0.2, 0.25) is 21.9 Å². The van der Waals surface area contributed by atoms with Gasteiger partial charge in [-0.15, -0.1) is 0 Å². The molecule has 10 nitrogen and oxygen atoms in total. The molecule has 0 unspecified atom stereocenters. The van der Waals surface area contributed by atoms with Crippen molar-refractivity contribution in [1.82, 2.24) is 19.3 Å². The van der Waals surface area contributed by atoms with Crippen LogP contribution in [0, 0.1) is 0 Å². The molecule has 12 heteroatoms. The van der Waals surface area contributed by atoms with Gasteiger partial charge in [-0.25, -0.2) is 13.2 Å². The molecule has 1 fully saturated rings. The lowest BCUT2D eigenvalue weighted by atomic mass is 10.2. The SMILES string of the molecule is CN(C)c1nc(N)nc(COC(=O)c2ccc(Cl)c(S(=O)(=O)N3CCCCCC3)c2)n1. The van der Waals surface area contributed by atoms with Crippen LogP contribution in [0.15, 0.2) is 23.1 Å². The van der Waals surface area contributed by atoms with Gasteiger partial charge in [0, 0.05) is 27.2 Å². The minimum absolute atomic E-state index is 0.00192. The van der Waals surface area contributed by atoms with Crippen molar-refractivity contribution in [3.63, 3.8) is 0 Å². The average Bonchev–Trinajstić information content (AvgIpc) is 3.02. The zero-order chi connectivity index (χ0) is 22.6. The second-order valence-corrected chi connectivity index (χ2v) is 9.66. The van der Waals surface area contributed by atoms with Crippen molar-refractivity contribution >= 4 is 39.5 Å². The van der Waals surface area contributed by atoms with Crippen LogP contribution in [0.25, 0.3) is 0 Å². The molecule has 31 heavy (non-hydrogen) atoms. The van der Waals surface area contributed by atoms with Crippen molar-refractivity contribution in [2.24, 2.45) is 0 Å². The molecule has 1 aromatic carbocycles. The number of halogens is 1. The molecule has 0 saturated carbocycles. The second kappa shape index (κ2) is 9.75. The molecule has 0 spiro atoms. The normalized spacial score (nSPS) is 15.3. The number of aromatic nitrogens is 3. The second-order valence-electron chi connectivity index (χ2n) is 7.34. The van der Waals surface area contributed by atoms with Crippen LogP contribution in [0.5, 0.6) is 0 Å². The minimum atomic E-state index is -3.82. The van der Waals surface area contributed by atoms with Crippen molar-refractivity contribution in [1.29, 1.82) is 0 Å². The van der Waals surface area contributed by atoms with Gasteiger partial charge in [0.15, 0.2) is 12.4 Å². The Morgan fingerprint density at radius 2 is 1.84 bits per heavy atom. The highest BCUT2D eigenvalue weighted by Gasteiger charge is 2.28. The van der Waals surface area contributed by atoms with Gasteiger partial charge in [0.05, 0.1) is 10.6 Å². The third-order valence-electron chi connectivity index (χ3n) is 4.77. The zero-order valence-electron chi connectivity index (χ0n) is 17.4. The highest BCUT2D eigenvalue weighted by molar-refractivity contribution is 7.89. The molecule has 1 aliphatic heterocycles. The van der Waals surface area contributed by atoms with E-state index < -0.39 is 16.0 Å². The summed E-state index contributed by atoms with van der Waals surface area (Å²) >= 11 is 6.18. The number of benzene rings is 1. The highest BCUT2D eigenvalue weighted by Crippen LogP contribution is 2.28. The number of anilines is 2. The quantitative estimate of drug-likeness (QED) is 0.632. The summed E-state index contributed by atoms with van der Waals surface area (Å²) in [7, 11) is -0.340. The van der Waals surface area contributed by atoms with Gasteiger partial charge in [-0.2, -0.15) is 19.3 Å². The number of hydrogen-bond donors (Lipinski definition) is 1. The molecule has 0 bridgehead atoms. The number of carbonyl (C=O) groups excluding carboxylic acids is 1. The van der Waals surface area contributed by atoms with Crippen molar-refractivity contribution in [3.8, 4) is 0 Å². The van der Waals surface area contributed by atoms with E-state index >= 15 is 0 Å². The van der Waals surface area contributed by atoms with Crippen LogP contribution >= 0.6 is 11.6 Å². The zero-order valence-corrected chi connectivity index (χ0v) is 19.0. The summed E-state index contributed by atoms with van der Waals surface area (Å²) in [6, 6.07) is 4.05. The molecular weight excluding hydrogens is 444 g/mol. The van der Waals surface area contributed by atoms with Crippen LogP contribution in [-0.4, -0.2) is 60.8 Å². The molecule has 1 aromatic heterocycles. The number of ether oxygens (including phenoxy) is 1. The largest absolute Gasteiger partial charge is 0.454 e. The molecule has 0 radical (unpaired) electrons. The molecule has 2 N–H and O–H groups in total. The molecule has 1 aliphatic rings. The fourth-order valence-electron chi connectivity index (χ4n) is 3.15. The first kappa shape index (κ1) is 23.2. The number of carbonyl (C=O) groups is 1. The predicted octanol–water partition coefficient (Wildman–Crippen LogP) is 2.09. The summed E-state index contributed by atoms with van der Waals surface area (Å²) in [5.74, 6) is -0.219. The van der Waals surface area contributed by atoms with Crippen LogP contribution in [0.3, 0.4) is 0 Å². The third kappa shape index (κ3) is 5.60. The van der Waals surface area contributed by atoms with E-state index in [2.05, 4.69) is 15.0 Å². The molecular formula is C19H25ClN6O4S. The van der Waals surface area contributed by atoms with Gasteiger partial charge < -0.3 is 15.4 Å². The van der Waals surface area contributed by atoms with Crippen molar-refractivity contribution in [2.75, 3.05) is 37.8 Å². The lowest BCUT2D eigenvalue weighted by Gasteiger charge is -2.21. The minimum Gasteiger partial charge on any atom is -0.454 e. The molecule has 0 aliphatic carbocycles. The van der Waals surface area contributed by atoms with E-state index in [0.717, 1.165) is 25.7 Å². The lowest BCUT2D eigenvalue weighted by molar-refractivity contribution is 0.0462. The number of sulfonamides is 1. The van der Waals surface area contributed by atoms with Gasteiger partial charge in [-0.1, -0.05) is 24.4 Å². The van der Waals surface area contributed by atoms with Crippen LogP contribution in [-0.2, 0) is 21.4 Å². The topological polar surface area (TPSA) is 132 Å². The summed E-state index contributed by atoms with van der Waals surface area (Å²) < 4.78 is 32.9. The third-order valence-corrected chi connectivity index (χ3v) is 7.15. The Bertz CT molecular complexity index is 1060. The Morgan fingerprint density at radius 1 is 1.16 bits per heavy atom. The van der Waals surface area contributed by atoms with E-state index in [1.807, 2.05) is 0 Å². The Morgan fingerprint density at radius 3 is 2.48 bits per heavy atom. The fraction of sp³-hybridized carbons (Fsp3) is 0.474. The first-order valence-corrected chi connectivity index (χ1v) is 11.6. The van der Waals surface area contributed by atoms with Gasteiger partial charge in [-0.05, 0) is 31.0 Å². The Labute approximate surface area is 186 Å². The Balaban J connectivity index is 1.78. The fourth-order valence-corrected chi connectivity index (χ4v) is 5.17. The summed E-state index contributed by atoms with van der Waals surface area (Å²) in [5.41, 5.74) is 5.73. The van der Waals surface area contributed by atoms with Gasteiger partial charge in [-0.3, -0.25) is 0 Å². The van der Waals surface area contributed by atoms with Crippen LogP contribution in [0.2, 0.25) is 5.02 Å². The molecule has 2 aromatic rings. The lowest BCUT2D eigenvalue weighted by Crippen LogP contribution is -2.32. The van der Waals surface area contributed by atoms with Crippen LogP contribution in [0.4, 0.5) is 11.9 Å². The molecule has 168 valence electrons. The summed E-state index contributed by atoms with van der Waals surface area (Å²) in [6.07, 6.45) is 3.57. The van der Waals surface area contributed by atoms with Crippen molar-refractivity contribution < 1.29 is 17.9 Å². The first-order chi connectivity index (χ1) is 14.7. The van der Waals surface area contributed by atoms with Crippen molar-refractivity contribution in [2.45, 2.75) is 37.2 Å². The monoisotopic (exact) mass is 468 g/mol. The van der Waals surface area contributed by atoms with E-state index in [1.54, 1.807) is 19.0 Å².